The van der Waals surface area contributed by atoms with Gasteiger partial charge in [0.15, 0.2) is 0 Å². The topological polar surface area (TPSA) is 71.6 Å². The average molecular weight is 379 g/mol. The number of ether oxygens (including phenoxy) is 3. The standard InChI is InChI=1S/C22H34O5/c1-6-7-13(3)16-9-8-12(2)10-17-18(25-17)11-14(4)20-21(27-20)19(23)15(5)22(24)26-16/h8-9,13-21,23H,2,6-7,10-11H2,1,3-5H3. The highest BCUT2D eigenvalue weighted by Gasteiger charge is 2.52. The summed E-state index contributed by atoms with van der Waals surface area (Å²) in [4.78, 5) is 12.7. The molecule has 9 unspecified atom stereocenters. The monoisotopic (exact) mass is 378 g/mol. The minimum Gasteiger partial charge on any atom is -0.458 e. The van der Waals surface area contributed by atoms with E-state index in [2.05, 4.69) is 27.4 Å². The normalized spacial score (nSPS) is 43.6. The molecule has 5 heteroatoms. The molecule has 0 aromatic rings. The van der Waals surface area contributed by atoms with Crippen LogP contribution in [0, 0.1) is 17.8 Å². The molecule has 3 aliphatic heterocycles. The van der Waals surface area contributed by atoms with Gasteiger partial charge in [-0.25, -0.2) is 0 Å². The molecule has 0 aliphatic carbocycles. The van der Waals surface area contributed by atoms with Gasteiger partial charge in [0, 0.05) is 6.42 Å². The van der Waals surface area contributed by atoms with Gasteiger partial charge in [0.2, 0.25) is 0 Å². The fraction of sp³-hybridized carbons (Fsp3) is 0.773. The summed E-state index contributed by atoms with van der Waals surface area (Å²) in [5.74, 6) is -0.490. The molecule has 0 bridgehead atoms. The molecule has 0 spiro atoms. The van der Waals surface area contributed by atoms with Crippen molar-refractivity contribution in [3.63, 3.8) is 0 Å². The molecule has 0 aromatic carbocycles. The van der Waals surface area contributed by atoms with Crippen LogP contribution in [0.3, 0.4) is 0 Å². The summed E-state index contributed by atoms with van der Waals surface area (Å²) in [5, 5.41) is 10.6. The van der Waals surface area contributed by atoms with Crippen molar-refractivity contribution >= 4 is 5.97 Å². The summed E-state index contributed by atoms with van der Waals surface area (Å²) >= 11 is 0. The van der Waals surface area contributed by atoms with Crippen LogP contribution in [0.2, 0.25) is 0 Å². The molecular weight excluding hydrogens is 344 g/mol. The van der Waals surface area contributed by atoms with Crippen LogP contribution in [-0.4, -0.2) is 47.7 Å². The number of aliphatic hydroxyl groups excluding tert-OH is 1. The number of aliphatic hydroxyl groups is 1. The highest BCUT2D eigenvalue weighted by atomic mass is 16.6. The van der Waals surface area contributed by atoms with E-state index >= 15 is 0 Å². The zero-order chi connectivity index (χ0) is 19.7. The Morgan fingerprint density at radius 3 is 2.70 bits per heavy atom. The third-order valence-corrected chi connectivity index (χ3v) is 6.18. The van der Waals surface area contributed by atoms with Crippen molar-refractivity contribution in [1.82, 2.24) is 0 Å². The summed E-state index contributed by atoms with van der Waals surface area (Å²) in [6.45, 7) is 12.2. The summed E-state index contributed by atoms with van der Waals surface area (Å²) in [5.41, 5.74) is 0.989. The van der Waals surface area contributed by atoms with E-state index in [0.29, 0.717) is 0 Å². The van der Waals surface area contributed by atoms with E-state index in [0.717, 1.165) is 31.3 Å². The molecular formula is C22H34O5. The Labute approximate surface area is 162 Å². The van der Waals surface area contributed by atoms with Crippen molar-refractivity contribution in [2.45, 2.75) is 90.0 Å². The first-order valence-electron chi connectivity index (χ1n) is 10.4. The Morgan fingerprint density at radius 1 is 1.26 bits per heavy atom. The number of epoxide rings is 2. The molecule has 2 fully saturated rings. The summed E-state index contributed by atoms with van der Waals surface area (Å²) in [7, 11) is 0. The van der Waals surface area contributed by atoms with Crippen LogP contribution in [0.4, 0.5) is 0 Å². The van der Waals surface area contributed by atoms with Gasteiger partial charge in [-0.1, -0.05) is 45.4 Å². The number of cyclic esters (lactones) is 1. The van der Waals surface area contributed by atoms with Gasteiger partial charge in [-0.05, 0) is 37.7 Å². The second-order valence-electron chi connectivity index (χ2n) is 8.66. The van der Waals surface area contributed by atoms with Gasteiger partial charge in [-0.2, -0.15) is 0 Å². The Morgan fingerprint density at radius 2 is 2.00 bits per heavy atom. The van der Waals surface area contributed by atoms with E-state index in [-0.39, 0.29) is 48.3 Å². The number of hydrogen-bond donors (Lipinski definition) is 1. The quantitative estimate of drug-likeness (QED) is 0.602. The van der Waals surface area contributed by atoms with Gasteiger partial charge in [-0.3, -0.25) is 4.79 Å². The zero-order valence-corrected chi connectivity index (χ0v) is 17.0. The van der Waals surface area contributed by atoms with Crippen LogP contribution in [0.1, 0.15) is 53.4 Å². The number of carbonyl (C=O) groups is 1. The number of carbonyl (C=O) groups excluding carboxylic acids is 1. The first kappa shape index (κ1) is 20.6. The van der Waals surface area contributed by atoms with Gasteiger partial charge >= 0.3 is 5.97 Å². The molecule has 3 aliphatic rings. The van der Waals surface area contributed by atoms with Crippen LogP contribution in [0.5, 0.6) is 0 Å². The molecule has 0 saturated carbocycles. The van der Waals surface area contributed by atoms with Gasteiger partial charge < -0.3 is 19.3 Å². The third-order valence-electron chi connectivity index (χ3n) is 6.18. The second kappa shape index (κ2) is 8.46. The molecule has 1 N–H and O–H groups in total. The Bertz CT molecular complexity index is 585. The molecule has 2 saturated heterocycles. The van der Waals surface area contributed by atoms with E-state index in [4.69, 9.17) is 14.2 Å². The van der Waals surface area contributed by atoms with Crippen LogP contribution < -0.4 is 0 Å². The molecule has 3 heterocycles. The maximum atomic E-state index is 12.7. The number of hydrogen-bond acceptors (Lipinski definition) is 5. The Balaban J connectivity index is 1.76. The maximum Gasteiger partial charge on any atom is 0.311 e. The molecule has 5 nitrogen and oxygen atoms in total. The molecule has 27 heavy (non-hydrogen) atoms. The van der Waals surface area contributed by atoms with E-state index in [1.54, 1.807) is 6.92 Å². The minimum atomic E-state index is -0.841. The lowest BCUT2D eigenvalue weighted by Gasteiger charge is -2.24. The van der Waals surface area contributed by atoms with Gasteiger partial charge in [0.1, 0.15) is 12.2 Å². The number of allylic oxidation sites excluding steroid dienone is 1. The lowest BCUT2D eigenvalue weighted by atomic mass is 9.92. The lowest BCUT2D eigenvalue weighted by molar-refractivity contribution is -0.157. The summed E-state index contributed by atoms with van der Waals surface area (Å²) in [6, 6.07) is 0. The van der Waals surface area contributed by atoms with Crippen LogP contribution in [-0.2, 0) is 19.0 Å². The SMILES string of the molecule is C=C1C=CC(C(C)CCC)OC(=O)C(C)C(O)C2OC2C(C)CC2OC2C1. The fourth-order valence-electron chi connectivity index (χ4n) is 4.12. The summed E-state index contributed by atoms with van der Waals surface area (Å²) in [6.07, 6.45) is 6.58. The van der Waals surface area contributed by atoms with Crippen molar-refractivity contribution in [1.29, 1.82) is 0 Å². The highest BCUT2D eigenvalue weighted by molar-refractivity contribution is 5.73. The highest BCUT2D eigenvalue weighted by Crippen LogP contribution is 2.41. The average Bonchev–Trinajstić information content (AvgIpc) is 3.53. The van der Waals surface area contributed by atoms with Crippen LogP contribution in [0.15, 0.2) is 24.3 Å². The summed E-state index contributed by atoms with van der Waals surface area (Å²) < 4.78 is 17.3. The lowest BCUT2D eigenvalue weighted by Crippen LogP contribution is -2.36. The molecule has 0 radical (unpaired) electrons. The first-order chi connectivity index (χ1) is 12.8. The van der Waals surface area contributed by atoms with Crippen molar-refractivity contribution in [2.75, 3.05) is 0 Å². The first-order valence-corrected chi connectivity index (χ1v) is 10.4. The predicted octanol–water partition coefficient (Wildman–Crippen LogP) is 3.41. The Kier molecular flexibility index (Phi) is 6.44. The number of rotatable bonds is 3. The smallest absolute Gasteiger partial charge is 0.311 e. The second-order valence-corrected chi connectivity index (χ2v) is 8.66. The molecule has 9 atom stereocenters. The van der Waals surface area contributed by atoms with Gasteiger partial charge in [0.05, 0.1) is 30.3 Å². The van der Waals surface area contributed by atoms with Crippen LogP contribution >= 0.6 is 0 Å². The fourth-order valence-corrected chi connectivity index (χ4v) is 4.12. The van der Waals surface area contributed by atoms with E-state index < -0.39 is 12.0 Å². The van der Waals surface area contributed by atoms with Gasteiger partial charge in [0.25, 0.3) is 0 Å². The van der Waals surface area contributed by atoms with Crippen molar-refractivity contribution in [2.24, 2.45) is 17.8 Å². The predicted molar refractivity (Wildman–Crippen MR) is 103 cm³/mol. The minimum absolute atomic E-state index is 0.0126. The molecule has 3 rings (SSSR count). The number of esters is 1. The van der Waals surface area contributed by atoms with Crippen molar-refractivity contribution in [3.05, 3.63) is 24.3 Å². The van der Waals surface area contributed by atoms with Gasteiger partial charge in [-0.15, -0.1) is 0 Å². The van der Waals surface area contributed by atoms with E-state index in [1.807, 2.05) is 12.2 Å². The maximum absolute atomic E-state index is 12.7. The third kappa shape index (κ3) is 5.01. The largest absolute Gasteiger partial charge is 0.458 e. The van der Waals surface area contributed by atoms with E-state index in [9.17, 15) is 9.90 Å². The van der Waals surface area contributed by atoms with Crippen molar-refractivity contribution < 1.29 is 24.1 Å². The van der Waals surface area contributed by atoms with E-state index in [1.165, 1.54) is 0 Å². The Hall–Kier alpha value is -1.17. The number of fused-ring (bicyclic) bond motifs is 2. The molecule has 0 aromatic heterocycles. The molecule has 152 valence electrons. The van der Waals surface area contributed by atoms with Crippen molar-refractivity contribution in [3.8, 4) is 0 Å². The zero-order valence-electron chi connectivity index (χ0n) is 17.0. The van der Waals surface area contributed by atoms with Crippen LogP contribution in [0.25, 0.3) is 0 Å². The molecule has 0 amide bonds.